The third-order valence-corrected chi connectivity index (χ3v) is 2.19. The molecule has 0 amide bonds. The molecule has 2 rings (SSSR count). The zero-order valence-electron chi connectivity index (χ0n) is 7.43. The average molecular weight is 177 g/mol. The van der Waals surface area contributed by atoms with Crippen molar-refractivity contribution in [1.29, 1.82) is 0 Å². The molecule has 0 saturated heterocycles. The molecule has 0 N–H and O–H groups in total. The molecule has 0 aliphatic carbocycles. The molecule has 0 saturated carbocycles. The Kier molecular flexibility index (Phi) is 1.93. The van der Waals surface area contributed by atoms with Crippen LogP contribution >= 0.6 is 0 Å². The molecule has 0 spiro atoms. The van der Waals surface area contributed by atoms with Crippen LogP contribution in [0.1, 0.15) is 6.92 Å². The number of hydrogen-bond donors (Lipinski definition) is 0. The van der Waals surface area contributed by atoms with E-state index in [0.29, 0.717) is 0 Å². The number of ether oxygens (including phenoxy) is 1. The van der Waals surface area contributed by atoms with Crippen LogP contribution in [0.2, 0.25) is 0 Å². The molecule has 1 aliphatic heterocycles. The predicted molar refractivity (Wildman–Crippen MR) is 49.9 cm³/mol. The Balaban J connectivity index is 2.39. The number of benzene rings is 1. The molecule has 1 heterocycles. The van der Waals surface area contributed by atoms with E-state index in [1.54, 1.807) is 0 Å². The van der Waals surface area contributed by atoms with Crippen LogP contribution in [-0.4, -0.2) is 19.1 Å². The van der Waals surface area contributed by atoms with Crippen LogP contribution in [-0.2, 0) is 4.79 Å². The lowest BCUT2D eigenvalue weighted by Crippen LogP contribution is -2.35. The first-order valence-corrected chi connectivity index (χ1v) is 4.34. The highest BCUT2D eigenvalue weighted by molar-refractivity contribution is 5.72. The van der Waals surface area contributed by atoms with Crippen molar-refractivity contribution in [3.8, 4) is 5.75 Å². The van der Waals surface area contributed by atoms with Crippen molar-refractivity contribution in [3.63, 3.8) is 0 Å². The Hall–Kier alpha value is -1.51. The van der Waals surface area contributed by atoms with Crippen LogP contribution in [0.15, 0.2) is 24.3 Å². The second-order valence-electron chi connectivity index (χ2n) is 2.90. The van der Waals surface area contributed by atoms with Crippen molar-refractivity contribution in [2.24, 2.45) is 0 Å². The summed E-state index contributed by atoms with van der Waals surface area (Å²) in [4.78, 5) is 12.6. The summed E-state index contributed by atoms with van der Waals surface area (Å²) in [6.07, 6.45) is 0.381. The van der Waals surface area contributed by atoms with Crippen molar-refractivity contribution in [3.05, 3.63) is 24.3 Å². The maximum Gasteiger partial charge on any atom is 0.229 e. The normalized spacial score (nSPS) is 19.5. The summed E-state index contributed by atoms with van der Waals surface area (Å²) in [5, 5.41) is 0. The van der Waals surface area contributed by atoms with Gasteiger partial charge in [-0.05, 0) is 19.1 Å². The molecule has 13 heavy (non-hydrogen) atoms. The van der Waals surface area contributed by atoms with Crippen LogP contribution in [0.3, 0.4) is 0 Å². The van der Waals surface area contributed by atoms with Crippen LogP contribution < -0.4 is 9.64 Å². The fraction of sp³-hybridized carbons (Fsp3) is 0.300. The van der Waals surface area contributed by atoms with E-state index in [1.807, 2.05) is 36.1 Å². The number of hydrogen-bond acceptors (Lipinski definition) is 3. The van der Waals surface area contributed by atoms with Gasteiger partial charge in [0.2, 0.25) is 6.23 Å². The zero-order valence-corrected chi connectivity index (χ0v) is 7.43. The van der Waals surface area contributed by atoms with Gasteiger partial charge in [0.1, 0.15) is 5.75 Å². The quantitative estimate of drug-likeness (QED) is 0.640. The largest absolute Gasteiger partial charge is 0.461 e. The molecule has 0 bridgehead atoms. The average Bonchev–Trinajstić information content (AvgIpc) is 2.55. The van der Waals surface area contributed by atoms with E-state index in [1.165, 1.54) is 0 Å². The van der Waals surface area contributed by atoms with E-state index >= 15 is 0 Å². The van der Waals surface area contributed by atoms with Crippen LogP contribution in [0.5, 0.6) is 5.75 Å². The van der Waals surface area contributed by atoms with Crippen LogP contribution in [0.4, 0.5) is 5.69 Å². The predicted octanol–water partition coefficient (Wildman–Crippen LogP) is 1.43. The number of carbonyl (C=O) groups is 1. The molecule has 1 unspecified atom stereocenters. The minimum atomic E-state index is -0.442. The summed E-state index contributed by atoms with van der Waals surface area (Å²) in [5.74, 6) is 0.793. The summed E-state index contributed by atoms with van der Waals surface area (Å²) in [5.41, 5.74) is 1.00. The molecule has 0 fully saturated rings. The van der Waals surface area contributed by atoms with E-state index in [0.717, 1.165) is 24.3 Å². The van der Waals surface area contributed by atoms with Gasteiger partial charge in [-0.1, -0.05) is 12.1 Å². The van der Waals surface area contributed by atoms with Crippen LogP contribution in [0.25, 0.3) is 0 Å². The standard InChI is InChI=1S/C10H11NO2/c1-2-11-8-5-3-4-6-9(8)13-10(11)7-12/h3-7,10H,2H2,1H3. The van der Waals surface area contributed by atoms with Crippen LogP contribution in [0, 0.1) is 0 Å². The van der Waals surface area contributed by atoms with E-state index in [4.69, 9.17) is 4.74 Å². The lowest BCUT2D eigenvalue weighted by Gasteiger charge is -2.18. The topological polar surface area (TPSA) is 29.5 Å². The second kappa shape index (κ2) is 3.09. The molecule has 1 aliphatic rings. The molecule has 1 atom stereocenters. The van der Waals surface area contributed by atoms with E-state index < -0.39 is 6.23 Å². The summed E-state index contributed by atoms with van der Waals surface area (Å²) >= 11 is 0. The molecule has 68 valence electrons. The van der Waals surface area contributed by atoms with Gasteiger partial charge in [-0.25, -0.2) is 0 Å². The molecule has 3 nitrogen and oxygen atoms in total. The fourth-order valence-corrected chi connectivity index (χ4v) is 1.58. The van der Waals surface area contributed by atoms with Crippen molar-refractivity contribution in [2.45, 2.75) is 13.2 Å². The number of anilines is 1. The maximum absolute atomic E-state index is 10.7. The monoisotopic (exact) mass is 177 g/mol. The Morgan fingerprint density at radius 1 is 1.54 bits per heavy atom. The number of rotatable bonds is 2. The molecule has 0 radical (unpaired) electrons. The van der Waals surface area contributed by atoms with Crippen molar-refractivity contribution in [1.82, 2.24) is 0 Å². The van der Waals surface area contributed by atoms with E-state index in [-0.39, 0.29) is 0 Å². The minimum absolute atomic E-state index is 0.442. The lowest BCUT2D eigenvalue weighted by molar-refractivity contribution is -0.113. The Morgan fingerprint density at radius 2 is 2.31 bits per heavy atom. The molecule has 1 aromatic carbocycles. The number of nitrogens with zero attached hydrogens (tertiary/aromatic N) is 1. The number of aldehydes is 1. The zero-order chi connectivity index (χ0) is 9.26. The first kappa shape index (κ1) is 8.10. The van der Waals surface area contributed by atoms with Gasteiger partial charge >= 0.3 is 0 Å². The van der Waals surface area contributed by atoms with E-state index in [2.05, 4.69) is 0 Å². The molecule has 1 aromatic rings. The van der Waals surface area contributed by atoms with Crippen molar-refractivity contribution < 1.29 is 9.53 Å². The Bertz CT molecular complexity index is 324. The first-order valence-electron chi connectivity index (χ1n) is 4.34. The summed E-state index contributed by atoms with van der Waals surface area (Å²) in [6, 6.07) is 7.68. The van der Waals surface area contributed by atoms with Crippen molar-refractivity contribution >= 4 is 12.0 Å². The lowest BCUT2D eigenvalue weighted by atomic mass is 10.3. The smallest absolute Gasteiger partial charge is 0.229 e. The van der Waals surface area contributed by atoms with Gasteiger partial charge in [-0.2, -0.15) is 0 Å². The Labute approximate surface area is 76.9 Å². The number of para-hydroxylation sites is 2. The third-order valence-electron chi connectivity index (χ3n) is 2.19. The van der Waals surface area contributed by atoms with Gasteiger partial charge in [-0.3, -0.25) is 4.79 Å². The number of likely N-dealkylation sites (N-methyl/N-ethyl adjacent to an activating group) is 1. The summed E-state index contributed by atoms with van der Waals surface area (Å²) in [7, 11) is 0. The molecule has 0 aromatic heterocycles. The van der Waals surface area contributed by atoms with Gasteiger partial charge in [-0.15, -0.1) is 0 Å². The number of carbonyl (C=O) groups excluding carboxylic acids is 1. The van der Waals surface area contributed by atoms with Gasteiger partial charge in [0.15, 0.2) is 6.29 Å². The van der Waals surface area contributed by atoms with Crippen molar-refractivity contribution in [2.75, 3.05) is 11.4 Å². The molecular weight excluding hydrogens is 166 g/mol. The highest BCUT2D eigenvalue weighted by atomic mass is 16.5. The summed E-state index contributed by atoms with van der Waals surface area (Å²) in [6.45, 7) is 2.78. The highest BCUT2D eigenvalue weighted by Crippen LogP contribution is 2.35. The fourth-order valence-electron chi connectivity index (χ4n) is 1.58. The number of fused-ring (bicyclic) bond motifs is 1. The summed E-state index contributed by atoms with van der Waals surface area (Å²) < 4.78 is 5.42. The minimum Gasteiger partial charge on any atom is -0.461 e. The highest BCUT2D eigenvalue weighted by Gasteiger charge is 2.28. The van der Waals surface area contributed by atoms with Gasteiger partial charge < -0.3 is 9.64 Å². The van der Waals surface area contributed by atoms with Gasteiger partial charge in [0.05, 0.1) is 5.69 Å². The van der Waals surface area contributed by atoms with Gasteiger partial charge in [0.25, 0.3) is 0 Å². The van der Waals surface area contributed by atoms with E-state index in [9.17, 15) is 4.79 Å². The van der Waals surface area contributed by atoms with Gasteiger partial charge in [0, 0.05) is 6.54 Å². The second-order valence-corrected chi connectivity index (χ2v) is 2.90. The maximum atomic E-state index is 10.7. The molecule has 3 heteroatoms. The molecular formula is C10H11NO2. The third kappa shape index (κ3) is 1.16. The Morgan fingerprint density at radius 3 is 3.00 bits per heavy atom. The first-order chi connectivity index (χ1) is 6.36. The SMILES string of the molecule is CCN1c2ccccc2OC1C=O.